The van der Waals surface area contributed by atoms with Gasteiger partial charge in [-0.2, -0.15) is 5.10 Å². The molecule has 0 aromatic heterocycles. The average molecular weight is 256 g/mol. The standard InChI is InChI=1S/C10H10ClN3O3/c1-6(12-13-7(2)15)8-3-4-9(11)10(5-8)14(16)17/h3-5H,1-2H3,(H,13,15). The minimum absolute atomic E-state index is 0.0612. The first-order valence-electron chi connectivity index (χ1n) is 4.67. The lowest BCUT2D eigenvalue weighted by Gasteiger charge is -2.02. The minimum atomic E-state index is -0.572. The van der Waals surface area contributed by atoms with Crippen molar-refractivity contribution in [2.75, 3.05) is 0 Å². The molecule has 0 radical (unpaired) electrons. The van der Waals surface area contributed by atoms with Gasteiger partial charge in [-0.25, -0.2) is 5.43 Å². The van der Waals surface area contributed by atoms with Gasteiger partial charge in [-0.05, 0) is 13.0 Å². The Morgan fingerprint density at radius 2 is 2.12 bits per heavy atom. The van der Waals surface area contributed by atoms with Gasteiger partial charge in [0.15, 0.2) is 0 Å². The molecule has 90 valence electrons. The van der Waals surface area contributed by atoms with Crippen molar-refractivity contribution in [1.82, 2.24) is 5.43 Å². The van der Waals surface area contributed by atoms with E-state index in [0.717, 1.165) is 0 Å². The van der Waals surface area contributed by atoms with Gasteiger partial charge in [-0.3, -0.25) is 14.9 Å². The number of nitrogens with zero attached hydrogens (tertiary/aromatic N) is 2. The lowest BCUT2D eigenvalue weighted by Crippen LogP contribution is -2.15. The van der Waals surface area contributed by atoms with Crippen LogP contribution in [0.2, 0.25) is 5.02 Å². The third-order valence-electron chi connectivity index (χ3n) is 1.94. The van der Waals surface area contributed by atoms with Crippen LogP contribution in [-0.2, 0) is 4.79 Å². The molecule has 0 aliphatic rings. The number of rotatable bonds is 3. The first kappa shape index (κ1) is 13.1. The molecule has 0 heterocycles. The first-order valence-corrected chi connectivity index (χ1v) is 5.05. The van der Waals surface area contributed by atoms with Crippen LogP contribution in [0.5, 0.6) is 0 Å². The number of hydrogen-bond acceptors (Lipinski definition) is 4. The predicted octanol–water partition coefficient (Wildman–Crippen LogP) is 2.11. The van der Waals surface area contributed by atoms with Crippen LogP contribution in [0, 0.1) is 10.1 Å². The summed E-state index contributed by atoms with van der Waals surface area (Å²) in [6.07, 6.45) is 0. The van der Waals surface area contributed by atoms with Crippen LogP contribution in [0.4, 0.5) is 5.69 Å². The maximum Gasteiger partial charge on any atom is 0.288 e. The summed E-state index contributed by atoms with van der Waals surface area (Å²) >= 11 is 5.67. The number of amides is 1. The van der Waals surface area contributed by atoms with Crippen LogP contribution in [0.3, 0.4) is 0 Å². The van der Waals surface area contributed by atoms with Crippen molar-refractivity contribution in [3.05, 3.63) is 38.9 Å². The predicted molar refractivity (Wildman–Crippen MR) is 64.1 cm³/mol. The van der Waals surface area contributed by atoms with E-state index in [2.05, 4.69) is 10.5 Å². The van der Waals surface area contributed by atoms with Gasteiger partial charge in [-0.1, -0.05) is 17.7 Å². The Labute approximate surface area is 102 Å². The second-order valence-electron chi connectivity index (χ2n) is 3.29. The van der Waals surface area contributed by atoms with E-state index >= 15 is 0 Å². The zero-order chi connectivity index (χ0) is 13.0. The Morgan fingerprint density at radius 3 is 2.65 bits per heavy atom. The summed E-state index contributed by atoms with van der Waals surface area (Å²) in [7, 11) is 0. The van der Waals surface area contributed by atoms with Crippen LogP contribution in [0.15, 0.2) is 23.3 Å². The van der Waals surface area contributed by atoms with Gasteiger partial charge in [0.05, 0.1) is 10.6 Å². The summed E-state index contributed by atoms with van der Waals surface area (Å²) in [6.45, 7) is 2.95. The fourth-order valence-electron chi connectivity index (χ4n) is 1.10. The summed E-state index contributed by atoms with van der Waals surface area (Å²) in [4.78, 5) is 20.8. The molecule has 0 aliphatic carbocycles. The SMILES string of the molecule is CC(=O)NN=C(C)c1ccc(Cl)c([N+](=O)[O-])c1. The maximum atomic E-state index is 10.7. The monoisotopic (exact) mass is 255 g/mol. The van der Waals surface area contributed by atoms with E-state index in [0.29, 0.717) is 11.3 Å². The smallest absolute Gasteiger partial charge is 0.274 e. The van der Waals surface area contributed by atoms with Crippen molar-refractivity contribution in [1.29, 1.82) is 0 Å². The Bertz CT molecular complexity index is 500. The number of halogens is 1. The van der Waals surface area contributed by atoms with E-state index in [1.54, 1.807) is 13.0 Å². The van der Waals surface area contributed by atoms with Gasteiger partial charge in [0.2, 0.25) is 5.91 Å². The molecule has 1 aromatic rings. The zero-order valence-electron chi connectivity index (χ0n) is 9.23. The van der Waals surface area contributed by atoms with Crippen molar-refractivity contribution in [2.24, 2.45) is 5.10 Å². The van der Waals surface area contributed by atoms with E-state index in [4.69, 9.17) is 11.6 Å². The molecule has 0 atom stereocenters. The summed E-state index contributed by atoms with van der Waals surface area (Å²) in [5.41, 5.74) is 3.04. The minimum Gasteiger partial charge on any atom is -0.274 e. The van der Waals surface area contributed by atoms with Crippen LogP contribution in [0.1, 0.15) is 19.4 Å². The summed E-state index contributed by atoms with van der Waals surface area (Å²) in [5, 5.41) is 14.5. The second kappa shape index (κ2) is 5.40. The quantitative estimate of drug-likeness (QED) is 0.510. The molecule has 0 spiro atoms. The summed E-state index contributed by atoms with van der Waals surface area (Å²) < 4.78 is 0. The Hall–Kier alpha value is -1.95. The van der Waals surface area contributed by atoms with Gasteiger partial charge >= 0.3 is 0 Å². The van der Waals surface area contributed by atoms with E-state index in [1.165, 1.54) is 19.1 Å². The van der Waals surface area contributed by atoms with Crippen LogP contribution < -0.4 is 5.43 Å². The summed E-state index contributed by atoms with van der Waals surface area (Å²) in [6, 6.07) is 4.32. The molecule has 0 bridgehead atoms. The largest absolute Gasteiger partial charge is 0.288 e. The van der Waals surface area contributed by atoms with E-state index in [9.17, 15) is 14.9 Å². The molecule has 0 fully saturated rings. The summed E-state index contributed by atoms with van der Waals surface area (Å²) in [5.74, 6) is -0.312. The number of hydrogen-bond donors (Lipinski definition) is 1. The Balaban J connectivity index is 3.07. The zero-order valence-corrected chi connectivity index (χ0v) is 9.99. The highest BCUT2D eigenvalue weighted by atomic mass is 35.5. The van der Waals surface area contributed by atoms with Crippen LogP contribution >= 0.6 is 11.6 Å². The molecule has 1 rings (SSSR count). The van der Waals surface area contributed by atoms with E-state index < -0.39 is 4.92 Å². The highest BCUT2D eigenvalue weighted by Crippen LogP contribution is 2.25. The number of hydrazone groups is 1. The molecular weight excluding hydrogens is 246 g/mol. The van der Waals surface area contributed by atoms with Crippen LogP contribution in [-0.4, -0.2) is 16.5 Å². The van der Waals surface area contributed by atoms with Gasteiger partial charge in [0.1, 0.15) is 5.02 Å². The van der Waals surface area contributed by atoms with Gasteiger partial charge in [-0.15, -0.1) is 0 Å². The van der Waals surface area contributed by atoms with Crippen LogP contribution in [0.25, 0.3) is 0 Å². The van der Waals surface area contributed by atoms with Crippen molar-refractivity contribution in [3.63, 3.8) is 0 Å². The average Bonchev–Trinajstić information content (AvgIpc) is 2.26. The van der Waals surface area contributed by atoms with Crippen molar-refractivity contribution < 1.29 is 9.72 Å². The fourth-order valence-corrected chi connectivity index (χ4v) is 1.29. The molecule has 0 saturated heterocycles. The first-order chi connectivity index (χ1) is 7.91. The van der Waals surface area contributed by atoms with Crippen molar-refractivity contribution in [2.45, 2.75) is 13.8 Å². The molecule has 1 N–H and O–H groups in total. The maximum absolute atomic E-state index is 10.7. The van der Waals surface area contributed by atoms with Gasteiger partial charge in [0, 0.05) is 18.6 Å². The number of benzene rings is 1. The molecule has 17 heavy (non-hydrogen) atoms. The molecule has 0 saturated carbocycles. The molecule has 7 heteroatoms. The number of nitrogens with one attached hydrogen (secondary N) is 1. The number of nitro groups is 1. The molecule has 0 aliphatic heterocycles. The topological polar surface area (TPSA) is 84.6 Å². The molecular formula is C10H10ClN3O3. The fraction of sp³-hybridized carbons (Fsp3) is 0.200. The number of carbonyl (C=O) groups excluding carboxylic acids is 1. The lowest BCUT2D eigenvalue weighted by molar-refractivity contribution is -0.384. The third kappa shape index (κ3) is 3.53. The molecule has 1 aromatic carbocycles. The van der Waals surface area contributed by atoms with E-state index in [-0.39, 0.29) is 16.6 Å². The molecule has 1 amide bonds. The van der Waals surface area contributed by atoms with Crippen molar-refractivity contribution in [3.8, 4) is 0 Å². The Morgan fingerprint density at radius 1 is 1.47 bits per heavy atom. The highest BCUT2D eigenvalue weighted by molar-refractivity contribution is 6.32. The number of carbonyl (C=O) groups is 1. The number of nitro benzene ring substituents is 1. The molecule has 6 nitrogen and oxygen atoms in total. The highest BCUT2D eigenvalue weighted by Gasteiger charge is 2.13. The Kier molecular flexibility index (Phi) is 4.17. The second-order valence-corrected chi connectivity index (χ2v) is 3.70. The molecule has 0 unspecified atom stereocenters. The normalized spacial score (nSPS) is 11.1. The van der Waals surface area contributed by atoms with Gasteiger partial charge < -0.3 is 0 Å². The lowest BCUT2D eigenvalue weighted by atomic mass is 10.1. The van der Waals surface area contributed by atoms with E-state index in [1.807, 2.05) is 0 Å². The third-order valence-corrected chi connectivity index (χ3v) is 2.26. The van der Waals surface area contributed by atoms with Gasteiger partial charge in [0.25, 0.3) is 5.69 Å². The van der Waals surface area contributed by atoms with Crippen molar-refractivity contribution >= 4 is 28.9 Å².